The van der Waals surface area contributed by atoms with Gasteiger partial charge in [-0.3, -0.25) is 4.68 Å². The van der Waals surface area contributed by atoms with Crippen LogP contribution in [0.25, 0.3) is 0 Å². The Hall–Kier alpha value is -0.990. The topological polar surface area (TPSA) is 27.1 Å². The molecular weight excluding hydrogens is 176 g/mol. The number of hydrogen-bond acceptors (Lipinski definition) is 2. The van der Waals surface area contributed by atoms with Crippen molar-refractivity contribution in [3.8, 4) is 5.75 Å². The zero-order valence-electron chi connectivity index (χ0n) is 8.94. The van der Waals surface area contributed by atoms with E-state index in [1.807, 2.05) is 17.1 Å². The molecule has 0 radical (unpaired) electrons. The van der Waals surface area contributed by atoms with E-state index < -0.39 is 0 Å². The van der Waals surface area contributed by atoms with Crippen LogP contribution in [0.15, 0.2) is 12.4 Å². The first-order chi connectivity index (χ1) is 6.75. The first-order valence-corrected chi connectivity index (χ1v) is 5.46. The van der Waals surface area contributed by atoms with Crippen molar-refractivity contribution in [3.63, 3.8) is 0 Å². The van der Waals surface area contributed by atoms with Crippen LogP contribution in [-0.4, -0.2) is 15.9 Å². The number of hydrogen-bond donors (Lipinski definition) is 0. The minimum atomic E-state index is 0.413. The Labute approximate surface area is 85.1 Å². The molecule has 1 aromatic heterocycles. The molecule has 14 heavy (non-hydrogen) atoms. The maximum atomic E-state index is 5.82. The lowest BCUT2D eigenvalue weighted by Gasteiger charge is -2.10. The van der Waals surface area contributed by atoms with Crippen molar-refractivity contribution in [2.75, 3.05) is 0 Å². The molecule has 1 fully saturated rings. The Balaban J connectivity index is 1.95. The summed E-state index contributed by atoms with van der Waals surface area (Å²) in [6, 6.07) is 0.413. The lowest BCUT2D eigenvalue weighted by atomic mass is 10.3. The molecule has 0 aliphatic heterocycles. The van der Waals surface area contributed by atoms with Gasteiger partial charge in [0, 0.05) is 6.04 Å². The fourth-order valence-corrected chi connectivity index (χ4v) is 1.86. The second kappa shape index (κ2) is 4.03. The van der Waals surface area contributed by atoms with Crippen molar-refractivity contribution in [1.82, 2.24) is 9.78 Å². The normalized spacial score (nSPS) is 17.9. The molecule has 1 aliphatic rings. The van der Waals surface area contributed by atoms with Crippen molar-refractivity contribution < 1.29 is 4.74 Å². The SMILES string of the molecule is CC(C)n1cc(OC2CCCC2)cn1. The van der Waals surface area contributed by atoms with E-state index in [1.165, 1.54) is 25.7 Å². The highest BCUT2D eigenvalue weighted by Gasteiger charge is 2.17. The van der Waals surface area contributed by atoms with Crippen LogP contribution in [0.1, 0.15) is 45.6 Å². The first kappa shape index (κ1) is 9.56. The van der Waals surface area contributed by atoms with Gasteiger partial charge in [-0.1, -0.05) is 0 Å². The first-order valence-electron chi connectivity index (χ1n) is 5.46. The standard InChI is InChI=1S/C11H18N2O/c1-9(2)13-8-11(7-12-13)14-10-5-3-4-6-10/h7-10H,3-6H2,1-2H3. The lowest BCUT2D eigenvalue weighted by Crippen LogP contribution is -2.10. The van der Waals surface area contributed by atoms with E-state index in [-0.39, 0.29) is 0 Å². The molecule has 0 amide bonds. The maximum absolute atomic E-state index is 5.82. The molecule has 3 nitrogen and oxygen atoms in total. The number of nitrogens with zero attached hydrogens (tertiary/aromatic N) is 2. The molecule has 0 bridgehead atoms. The van der Waals surface area contributed by atoms with Gasteiger partial charge in [0.1, 0.15) is 0 Å². The Kier molecular flexibility index (Phi) is 2.75. The van der Waals surface area contributed by atoms with Crippen LogP contribution in [0.5, 0.6) is 5.75 Å². The molecule has 2 rings (SSSR count). The van der Waals surface area contributed by atoms with Gasteiger partial charge in [0.15, 0.2) is 5.75 Å². The Morgan fingerprint density at radius 2 is 2.14 bits per heavy atom. The maximum Gasteiger partial charge on any atom is 0.157 e. The Morgan fingerprint density at radius 1 is 1.43 bits per heavy atom. The molecule has 0 spiro atoms. The highest BCUT2D eigenvalue weighted by atomic mass is 16.5. The van der Waals surface area contributed by atoms with Gasteiger partial charge in [-0.25, -0.2) is 0 Å². The quantitative estimate of drug-likeness (QED) is 0.739. The van der Waals surface area contributed by atoms with Gasteiger partial charge < -0.3 is 4.74 Å². The number of ether oxygens (including phenoxy) is 1. The average molecular weight is 194 g/mol. The fraction of sp³-hybridized carbons (Fsp3) is 0.727. The summed E-state index contributed by atoms with van der Waals surface area (Å²) in [5.74, 6) is 0.922. The van der Waals surface area contributed by atoms with Crippen molar-refractivity contribution in [2.24, 2.45) is 0 Å². The van der Waals surface area contributed by atoms with Crippen LogP contribution < -0.4 is 4.74 Å². The fourth-order valence-electron chi connectivity index (χ4n) is 1.86. The summed E-state index contributed by atoms with van der Waals surface area (Å²) in [4.78, 5) is 0. The third-order valence-electron chi connectivity index (χ3n) is 2.71. The van der Waals surface area contributed by atoms with E-state index >= 15 is 0 Å². The van der Waals surface area contributed by atoms with E-state index in [0.717, 1.165) is 5.75 Å². The zero-order valence-corrected chi connectivity index (χ0v) is 8.94. The highest BCUT2D eigenvalue weighted by molar-refractivity contribution is 5.12. The van der Waals surface area contributed by atoms with E-state index in [2.05, 4.69) is 18.9 Å². The Morgan fingerprint density at radius 3 is 2.71 bits per heavy atom. The molecule has 1 saturated carbocycles. The second-order valence-electron chi connectivity index (χ2n) is 4.27. The molecule has 0 unspecified atom stereocenters. The minimum absolute atomic E-state index is 0.413. The molecule has 1 aromatic rings. The summed E-state index contributed by atoms with van der Waals surface area (Å²) in [6.07, 6.45) is 9.26. The van der Waals surface area contributed by atoms with Crippen LogP contribution in [0, 0.1) is 0 Å². The van der Waals surface area contributed by atoms with Gasteiger partial charge in [-0.2, -0.15) is 5.10 Å². The average Bonchev–Trinajstić information content (AvgIpc) is 2.75. The number of rotatable bonds is 3. The molecule has 1 heterocycles. The van der Waals surface area contributed by atoms with E-state index in [0.29, 0.717) is 12.1 Å². The summed E-state index contributed by atoms with van der Waals surface area (Å²) >= 11 is 0. The molecule has 0 aromatic carbocycles. The van der Waals surface area contributed by atoms with Crippen LogP contribution in [0.4, 0.5) is 0 Å². The van der Waals surface area contributed by atoms with Crippen LogP contribution >= 0.6 is 0 Å². The molecular formula is C11H18N2O. The smallest absolute Gasteiger partial charge is 0.157 e. The van der Waals surface area contributed by atoms with E-state index in [9.17, 15) is 0 Å². The van der Waals surface area contributed by atoms with Gasteiger partial charge in [0.2, 0.25) is 0 Å². The van der Waals surface area contributed by atoms with Gasteiger partial charge in [0.05, 0.1) is 18.5 Å². The highest BCUT2D eigenvalue weighted by Crippen LogP contribution is 2.24. The van der Waals surface area contributed by atoms with Crippen LogP contribution in [0.2, 0.25) is 0 Å². The van der Waals surface area contributed by atoms with Crippen molar-refractivity contribution >= 4 is 0 Å². The summed E-state index contributed by atoms with van der Waals surface area (Å²) in [5, 5.41) is 4.25. The summed E-state index contributed by atoms with van der Waals surface area (Å²) < 4.78 is 7.76. The third kappa shape index (κ3) is 2.08. The van der Waals surface area contributed by atoms with E-state index in [4.69, 9.17) is 4.74 Å². The second-order valence-corrected chi connectivity index (χ2v) is 4.27. The van der Waals surface area contributed by atoms with E-state index in [1.54, 1.807) is 0 Å². The molecule has 78 valence electrons. The molecule has 1 aliphatic carbocycles. The molecule has 0 N–H and O–H groups in total. The summed E-state index contributed by atoms with van der Waals surface area (Å²) in [5.41, 5.74) is 0. The number of aromatic nitrogens is 2. The third-order valence-corrected chi connectivity index (χ3v) is 2.71. The van der Waals surface area contributed by atoms with Crippen LogP contribution in [-0.2, 0) is 0 Å². The molecule has 3 heteroatoms. The zero-order chi connectivity index (χ0) is 9.97. The van der Waals surface area contributed by atoms with Gasteiger partial charge >= 0.3 is 0 Å². The predicted molar refractivity (Wildman–Crippen MR) is 55.5 cm³/mol. The minimum Gasteiger partial charge on any atom is -0.487 e. The van der Waals surface area contributed by atoms with Crippen molar-refractivity contribution in [3.05, 3.63) is 12.4 Å². The molecule has 0 atom stereocenters. The largest absolute Gasteiger partial charge is 0.487 e. The molecule has 0 saturated heterocycles. The predicted octanol–water partition coefficient (Wildman–Crippen LogP) is 2.79. The van der Waals surface area contributed by atoms with Crippen molar-refractivity contribution in [2.45, 2.75) is 51.7 Å². The monoisotopic (exact) mass is 194 g/mol. The van der Waals surface area contributed by atoms with Gasteiger partial charge in [-0.15, -0.1) is 0 Å². The van der Waals surface area contributed by atoms with Gasteiger partial charge in [0.25, 0.3) is 0 Å². The summed E-state index contributed by atoms with van der Waals surface area (Å²) in [6.45, 7) is 4.23. The summed E-state index contributed by atoms with van der Waals surface area (Å²) in [7, 11) is 0. The van der Waals surface area contributed by atoms with Crippen LogP contribution in [0.3, 0.4) is 0 Å². The Bertz CT molecular complexity index is 287. The van der Waals surface area contributed by atoms with Crippen molar-refractivity contribution in [1.29, 1.82) is 0 Å². The lowest BCUT2D eigenvalue weighted by molar-refractivity contribution is 0.209. The van der Waals surface area contributed by atoms with Gasteiger partial charge in [-0.05, 0) is 39.5 Å².